The topological polar surface area (TPSA) is 82.8 Å². The minimum absolute atomic E-state index is 0.0829. The average Bonchev–Trinajstić information content (AvgIpc) is 3.21. The smallest absolute Gasteiger partial charge is 0.252 e. The Morgan fingerprint density at radius 2 is 2.14 bits per heavy atom. The van der Waals surface area contributed by atoms with Crippen molar-refractivity contribution >= 4 is 17.4 Å². The molecule has 1 unspecified atom stereocenters. The fraction of sp³-hybridized carbons (Fsp3) is 0.476. The third-order valence-corrected chi connectivity index (χ3v) is 5.59. The first-order valence-electron chi connectivity index (χ1n) is 9.77. The first-order chi connectivity index (χ1) is 13.4. The van der Waals surface area contributed by atoms with Crippen molar-refractivity contribution < 1.29 is 9.90 Å². The van der Waals surface area contributed by atoms with E-state index in [2.05, 4.69) is 16.9 Å². The summed E-state index contributed by atoms with van der Waals surface area (Å²) in [4.78, 5) is 22.8. The highest BCUT2D eigenvalue weighted by molar-refractivity contribution is 6.20. The third-order valence-electron chi connectivity index (χ3n) is 5.59. The fourth-order valence-electron chi connectivity index (χ4n) is 3.83. The van der Waals surface area contributed by atoms with Gasteiger partial charge < -0.3 is 15.3 Å². The molecule has 1 aliphatic carbocycles. The van der Waals surface area contributed by atoms with E-state index < -0.39 is 0 Å². The minimum Gasteiger partial charge on any atom is -0.393 e. The molecule has 1 aromatic heterocycles. The number of imidazole rings is 1. The largest absolute Gasteiger partial charge is 0.393 e. The summed E-state index contributed by atoms with van der Waals surface area (Å²) < 4.78 is 1.74. The number of rotatable bonds is 5. The van der Waals surface area contributed by atoms with E-state index in [9.17, 15) is 9.90 Å². The number of hydrogen-bond donors (Lipinski definition) is 2. The highest BCUT2D eigenvalue weighted by Gasteiger charge is 2.30. The molecule has 7 heteroatoms. The maximum absolute atomic E-state index is 12.5. The molecule has 0 spiro atoms. The zero-order valence-electron chi connectivity index (χ0n) is 16.8. The number of nitrogens with one attached hydrogen (secondary N) is 1. The van der Waals surface area contributed by atoms with Crippen molar-refractivity contribution in [1.29, 1.82) is 0 Å². The second-order valence-corrected chi connectivity index (χ2v) is 7.47. The Labute approximate surface area is 166 Å². The average molecular weight is 383 g/mol. The predicted octanol–water partition coefficient (Wildman–Crippen LogP) is 2.54. The molecule has 150 valence electrons. The van der Waals surface area contributed by atoms with E-state index in [1.54, 1.807) is 41.3 Å². The van der Waals surface area contributed by atoms with Gasteiger partial charge in [0.2, 0.25) is 0 Å². The van der Waals surface area contributed by atoms with Crippen LogP contribution in [0, 0.1) is 5.92 Å². The summed E-state index contributed by atoms with van der Waals surface area (Å²) in [6, 6.07) is 0.252. The minimum atomic E-state index is -0.268. The SMILES string of the molecule is C=C(/N=C1/C(NC2CCC(C(C)O)CC2)=CC(=O)N(C)/C1=C/C)n1ccnc1. The highest BCUT2D eigenvalue weighted by atomic mass is 16.3. The Kier molecular flexibility index (Phi) is 6.14. The molecule has 1 atom stereocenters. The Hall–Kier alpha value is -2.67. The molecule has 1 saturated carbocycles. The number of carbonyl (C=O) groups is 1. The molecule has 0 bridgehead atoms. The monoisotopic (exact) mass is 383 g/mol. The number of aromatic nitrogens is 2. The Bertz CT molecular complexity index is 812. The number of hydrogen-bond acceptors (Lipinski definition) is 5. The van der Waals surface area contributed by atoms with Crippen LogP contribution in [0.25, 0.3) is 5.82 Å². The molecule has 1 fully saturated rings. The molecule has 1 amide bonds. The maximum Gasteiger partial charge on any atom is 0.252 e. The molecule has 0 saturated heterocycles. The lowest BCUT2D eigenvalue weighted by atomic mass is 9.83. The molecule has 0 radical (unpaired) electrons. The number of carbonyl (C=O) groups excluding carboxylic acids is 1. The van der Waals surface area contributed by atoms with Crippen LogP contribution >= 0.6 is 0 Å². The molecule has 7 nitrogen and oxygen atoms in total. The van der Waals surface area contributed by atoms with Gasteiger partial charge in [0, 0.05) is 31.6 Å². The lowest BCUT2D eigenvalue weighted by Gasteiger charge is -2.34. The maximum atomic E-state index is 12.5. The molecular formula is C21H29N5O2. The number of amides is 1. The quantitative estimate of drug-likeness (QED) is 0.819. The molecular weight excluding hydrogens is 354 g/mol. The fourth-order valence-corrected chi connectivity index (χ4v) is 3.83. The van der Waals surface area contributed by atoms with E-state index >= 15 is 0 Å². The van der Waals surface area contributed by atoms with Crippen LogP contribution in [0.15, 0.2) is 53.8 Å². The number of aliphatic imine (C=N–C) groups is 1. The van der Waals surface area contributed by atoms with Gasteiger partial charge in [0.15, 0.2) is 0 Å². The van der Waals surface area contributed by atoms with Gasteiger partial charge in [-0.1, -0.05) is 12.7 Å². The van der Waals surface area contributed by atoms with Crippen molar-refractivity contribution in [3.05, 3.63) is 48.8 Å². The van der Waals surface area contributed by atoms with Gasteiger partial charge in [-0.2, -0.15) is 0 Å². The Morgan fingerprint density at radius 3 is 2.71 bits per heavy atom. The molecule has 2 N–H and O–H groups in total. The molecule has 28 heavy (non-hydrogen) atoms. The number of aliphatic hydroxyl groups is 1. The van der Waals surface area contributed by atoms with Crippen LogP contribution in [0.1, 0.15) is 39.5 Å². The van der Waals surface area contributed by atoms with E-state index in [0.29, 0.717) is 17.5 Å². The molecule has 0 aromatic carbocycles. The number of likely N-dealkylation sites (N-methyl/N-ethyl adjacent to an activating group) is 1. The third kappa shape index (κ3) is 4.25. The standard InChI is InChI=1S/C21H29N5O2/c1-5-19-21(23-15(3)26-11-10-22-13-26)18(12-20(28)25(19)4)24-17-8-6-16(7-9-17)14(2)27/h5,10-14,16-17,24,27H,3,6-9H2,1-2,4H3/b19-5+,23-21-. The molecule has 1 aromatic rings. The molecule has 3 rings (SSSR count). The van der Waals surface area contributed by atoms with Gasteiger partial charge in [-0.25, -0.2) is 9.98 Å². The van der Waals surface area contributed by atoms with Gasteiger partial charge in [-0.3, -0.25) is 9.36 Å². The lowest BCUT2D eigenvalue weighted by Crippen LogP contribution is -2.42. The van der Waals surface area contributed by atoms with Crippen molar-refractivity contribution in [1.82, 2.24) is 19.8 Å². The Balaban J connectivity index is 1.85. The predicted molar refractivity (Wildman–Crippen MR) is 110 cm³/mol. The first kappa shape index (κ1) is 20.1. The summed E-state index contributed by atoms with van der Waals surface area (Å²) in [7, 11) is 1.74. The number of aliphatic hydroxyl groups excluding tert-OH is 1. The molecule has 2 heterocycles. The van der Waals surface area contributed by atoms with E-state index in [4.69, 9.17) is 4.99 Å². The van der Waals surface area contributed by atoms with Gasteiger partial charge >= 0.3 is 0 Å². The number of nitrogens with zero attached hydrogens (tertiary/aromatic N) is 4. The van der Waals surface area contributed by atoms with E-state index in [1.807, 2.05) is 19.9 Å². The number of allylic oxidation sites excluding steroid dienone is 1. The van der Waals surface area contributed by atoms with E-state index in [-0.39, 0.29) is 18.1 Å². The summed E-state index contributed by atoms with van der Waals surface area (Å²) in [6.07, 6.45) is 12.2. The zero-order valence-corrected chi connectivity index (χ0v) is 16.8. The van der Waals surface area contributed by atoms with Crippen LogP contribution in [0.2, 0.25) is 0 Å². The van der Waals surface area contributed by atoms with Gasteiger partial charge in [0.05, 0.1) is 17.5 Å². The summed E-state index contributed by atoms with van der Waals surface area (Å²) in [5.74, 6) is 0.798. The first-order valence-corrected chi connectivity index (χ1v) is 9.77. The summed E-state index contributed by atoms with van der Waals surface area (Å²) in [5.41, 5.74) is 2.16. The molecule has 1 aliphatic heterocycles. The summed E-state index contributed by atoms with van der Waals surface area (Å²) in [5, 5.41) is 13.3. The summed E-state index contributed by atoms with van der Waals surface area (Å²) in [6.45, 7) is 7.79. The van der Waals surface area contributed by atoms with Crippen molar-refractivity contribution in [3.8, 4) is 0 Å². The highest BCUT2D eigenvalue weighted by Crippen LogP contribution is 2.28. The van der Waals surface area contributed by atoms with Gasteiger partial charge in [-0.05, 0) is 45.4 Å². The van der Waals surface area contributed by atoms with Crippen molar-refractivity contribution in [2.75, 3.05) is 7.05 Å². The van der Waals surface area contributed by atoms with Gasteiger partial charge in [-0.15, -0.1) is 0 Å². The zero-order chi connectivity index (χ0) is 20.3. The lowest BCUT2D eigenvalue weighted by molar-refractivity contribution is -0.123. The van der Waals surface area contributed by atoms with Crippen LogP contribution in [0.5, 0.6) is 0 Å². The van der Waals surface area contributed by atoms with E-state index in [1.165, 1.54) is 0 Å². The second kappa shape index (κ2) is 8.56. The van der Waals surface area contributed by atoms with Crippen molar-refractivity contribution in [2.24, 2.45) is 10.9 Å². The van der Waals surface area contributed by atoms with E-state index in [0.717, 1.165) is 37.1 Å². The van der Waals surface area contributed by atoms with Crippen molar-refractivity contribution in [3.63, 3.8) is 0 Å². The summed E-state index contributed by atoms with van der Waals surface area (Å²) >= 11 is 0. The van der Waals surface area contributed by atoms with Gasteiger partial charge in [0.25, 0.3) is 5.91 Å². The van der Waals surface area contributed by atoms with Crippen LogP contribution < -0.4 is 5.32 Å². The van der Waals surface area contributed by atoms with Crippen LogP contribution in [0.4, 0.5) is 0 Å². The van der Waals surface area contributed by atoms with Crippen LogP contribution in [-0.2, 0) is 4.79 Å². The van der Waals surface area contributed by atoms with Crippen molar-refractivity contribution in [2.45, 2.75) is 51.7 Å². The molecule has 2 aliphatic rings. The Morgan fingerprint density at radius 1 is 1.43 bits per heavy atom. The van der Waals surface area contributed by atoms with Crippen LogP contribution in [-0.4, -0.2) is 50.4 Å². The second-order valence-electron chi connectivity index (χ2n) is 7.47. The van der Waals surface area contributed by atoms with Crippen LogP contribution in [0.3, 0.4) is 0 Å². The normalized spacial score (nSPS) is 27.1. The van der Waals surface area contributed by atoms with Gasteiger partial charge in [0.1, 0.15) is 17.9 Å².